The quantitative estimate of drug-likeness (QED) is 0.741. The summed E-state index contributed by atoms with van der Waals surface area (Å²) >= 11 is 0. The predicted molar refractivity (Wildman–Crippen MR) is 100 cm³/mol. The molecule has 0 aliphatic rings. The summed E-state index contributed by atoms with van der Waals surface area (Å²) in [7, 11) is 0. The van der Waals surface area contributed by atoms with Crippen LogP contribution in [0.25, 0.3) is 0 Å². The fraction of sp³-hybridized carbons (Fsp3) is 0.600. The number of alkyl carbamates (subject to hydrolysis) is 1. The van der Waals surface area contributed by atoms with Gasteiger partial charge in [-0.3, -0.25) is 0 Å². The number of nitrogens with one attached hydrogen (secondary N) is 1. The van der Waals surface area contributed by atoms with E-state index in [1.165, 1.54) is 0 Å². The minimum absolute atomic E-state index is 0.0476. The summed E-state index contributed by atoms with van der Waals surface area (Å²) in [5.41, 5.74) is -0.633. The van der Waals surface area contributed by atoms with Gasteiger partial charge in [-0.05, 0) is 52.7 Å². The Balaban J connectivity index is 2.65. The highest BCUT2D eigenvalue weighted by atomic mass is 16.6. The van der Waals surface area contributed by atoms with Crippen LogP contribution in [0.4, 0.5) is 4.79 Å². The van der Waals surface area contributed by atoms with Gasteiger partial charge in [0.15, 0.2) is 0 Å². The molecule has 0 bridgehead atoms. The Hall–Kier alpha value is -2.24. The van der Waals surface area contributed by atoms with E-state index in [9.17, 15) is 9.59 Å². The number of para-hydroxylation sites is 1. The molecule has 0 spiro atoms. The second-order valence-corrected chi connectivity index (χ2v) is 7.65. The monoisotopic (exact) mass is 365 g/mol. The van der Waals surface area contributed by atoms with Gasteiger partial charge in [0.05, 0.1) is 0 Å². The largest absolute Gasteiger partial charge is 0.487 e. The molecule has 1 aromatic rings. The summed E-state index contributed by atoms with van der Waals surface area (Å²) in [4.78, 5) is 24.2. The highest BCUT2D eigenvalue weighted by Crippen LogP contribution is 2.19. The SMILES string of the molecule is CC(C)[C@H](OC(=O)[C@H](C)NC(=O)OC(C)(C)C)[C@@H](C)Oc1ccccc1. The first kappa shape index (κ1) is 21.8. The normalized spacial score (nSPS) is 14.9. The van der Waals surface area contributed by atoms with Crippen LogP contribution in [0.2, 0.25) is 0 Å². The maximum Gasteiger partial charge on any atom is 0.408 e. The minimum atomic E-state index is -0.824. The van der Waals surface area contributed by atoms with E-state index in [2.05, 4.69) is 5.32 Å². The molecule has 0 saturated heterocycles. The molecule has 146 valence electrons. The van der Waals surface area contributed by atoms with E-state index in [-0.39, 0.29) is 12.0 Å². The van der Waals surface area contributed by atoms with Crippen LogP contribution in [0.3, 0.4) is 0 Å². The van der Waals surface area contributed by atoms with E-state index in [4.69, 9.17) is 14.2 Å². The molecular weight excluding hydrogens is 334 g/mol. The molecule has 0 unspecified atom stereocenters. The van der Waals surface area contributed by atoms with Crippen LogP contribution >= 0.6 is 0 Å². The number of carbonyl (C=O) groups excluding carboxylic acids is 2. The molecule has 6 nitrogen and oxygen atoms in total. The van der Waals surface area contributed by atoms with Gasteiger partial charge in [0, 0.05) is 0 Å². The van der Waals surface area contributed by atoms with Gasteiger partial charge >= 0.3 is 12.1 Å². The highest BCUT2D eigenvalue weighted by molar-refractivity contribution is 5.81. The summed E-state index contributed by atoms with van der Waals surface area (Å²) < 4.78 is 16.6. The number of rotatable bonds is 7. The number of hydrogen-bond donors (Lipinski definition) is 1. The van der Waals surface area contributed by atoms with Gasteiger partial charge in [-0.1, -0.05) is 32.0 Å². The van der Waals surface area contributed by atoms with Crippen molar-refractivity contribution in [2.45, 2.75) is 72.3 Å². The van der Waals surface area contributed by atoms with Gasteiger partial charge in [0.25, 0.3) is 0 Å². The number of hydrogen-bond acceptors (Lipinski definition) is 5. The summed E-state index contributed by atoms with van der Waals surface area (Å²) in [5, 5.41) is 2.49. The average molecular weight is 365 g/mol. The smallest absolute Gasteiger partial charge is 0.408 e. The molecule has 1 aromatic carbocycles. The number of amides is 1. The lowest BCUT2D eigenvalue weighted by Crippen LogP contribution is -2.46. The molecular formula is C20H31NO5. The van der Waals surface area contributed by atoms with Gasteiger partial charge in [0.1, 0.15) is 29.6 Å². The molecule has 1 N–H and O–H groups in total. The standard InChI is InChI=1S/C20H31NO5/c1-13(2)17(15(4)24-16-11-9-8-10-12-16)25-18(22)14(3)21-19(23)26-20(5,6)7/h8-15,17H,1-7H3,(H,21,23)/t14-,15+,17-/m0/s1. The van der Waals surface area contributed by atoms with Crippen LogP contribution in [0.15, 0.2) is 30.3 Å². The van der Waals surface area contributed by atoms with Crippen molar-refractivity contribution in [2.24, 2.45) is 5.92 Å². The summed E-state index contributed by atoms with van der Waals surface area (Å²) in [6.07, 6.45) is -1.45. The summed E-state index contributed by atoms with van der Waals surface area (Å²) in [5.74, 6) is 0.228. The Morgan fingerprint density at radius 1 is 1.00 bits per heavy atom. The van der Waals surface area contributed by atoms with Crippen LogP contribution in [-0.4, -0.2) is 35.9 Å². The van der Waals surface area contributed by atoms with E-state index < -0.39 is 29.8 Å². The van der Waals surface area contributed by atoms with Gasteiger partial charge in [-0.25, -0.2) is 9.59 Å². The van der Waals surface area contributed by atoms with E-state index in [1.54, 1.807) is 27.7 Å². The first-order chi connectivity index (χ1) is 12.0. The van der Waals surface area contributed by atoms with Crippen molar-refractivity contribution >= 4 is 12.1 Å². The number of ether oxygens (including phenoxy) is 3. The maximum atomic E-state index is 12.4. The Kier molecular flexibility index (Phi) is 7.93. The average Bonchev–Trinajstić information content (AvgIpc) is 2.50. The number of benzene rings is 1. The molecule has 6 heteroatoms. The van der Waals surface area contributed by atoms with E-state index in [1.807, 2.05) is 51.1 Å². The lowest BCUT2D eigenvalue weighted by Gasteiger charge is -2.29. The Morgan fingerprint density at radius 3 is 2.08 bits per heavy atom. The Bertz CT molecular complexity index is 580. The zero-order valence-corrected chi connectivity index (χ0v) is 16.7. The third-order valence-corrected chi connectivity index (χ3v) is 3.52. The zero-order valence-electron chi connectivity index (χ0n) is 16.7. The maximum absolute atomic E-state index is 12.4. The molecule has 0 aliphatic carbocycles. The van der Waals surface area contributed by atoms with Crippen molar-refractivity contribution in [1.29, 1.82) is 0 Å². The van der Waals surface area contributed by atoms with Crippen molar-refractivity contribution < 1.29 is 23.8 Å². The topological polar surface area (TPSA) is 73.9 Å². The van der Waals surface area contributed by atoms with Crippen LogP contribution in [0, 0.1) is 5.92 Å². The predicted octanol–water partition coefficient (Wildman–Crippen LogP) is 3.93. The van der Waals surface area contributed by atoms with Crippen LogP contribution < -0.4 is 10.1 Å². The fourth-order valence-corrected chi connectivity index (χ4v) is 2.33. The summed E-state index contributed by atoms with van der Waals surface area (Å²) in [6, 6.07) is 8.54. The van der Waals surface area contributed by atoms with E-state index in [0.717, 1.165) is 0 Å². The fourth-order valence-electron chi connectivity index (χ4n) is 2.33. The molecule has 26 heavy (non-hydrogen) atoms. The van der Waals surface area contributed by atoms with Gasteiger partial charge < -0.3 is 19.5 Å². The molecule has 0 radical (unpaired) electrons. The molecule has 1 rings (SSSR count). The van der Waals surface area contributed by atoms with Crippen molar-refractivity contribution in [3.05, 3.63) is 30.3 Å². The Morgan fingerprint density at radius 2 is 1.58 bits per heavy atom. The molecule has 1 amide bonds. The van der Waals surface area contributed by atoms with Crippen LogP contribution in [0.5, 0.6) is 5.75 Å². The van der Waals surface area contributed by atoms with E-state index in [0.29, 0.717) is 5.75 Å². The molecule has 0 aliphatic heterocycles. The molecule has 0 heterocycles. The van der Waals surface area contributed by atoms with Gasteiger partial charge in [-0.2, -0.15) is 0 Å². The molecule has 3 atom stereocenters. The first-order valence-corrected chi connectivity index (χ1v) is 8.91. The lowest BCUT2D eigenvalue weighted by molar-refractivity contribution is -0.158. The highest BCUT2D eigenvalue weighted by Gasteiger charge is 2.30. The van der Waals surface area contributed by atoms with Crippen molar-refractivity contribution in [3.8, 4) is 5.75 Å². The summed E-state index contributed by atoms with van der Waals surface area (Å²) in [6.45, 7) is 12.6. The molecule has 0 saturated carbocycles. The Labute approximate surface area is 156 Å². The lowest BCUT2D eigenvalue weighted by atomic mass is 10.0. The van der Waals surface area contributed by atoms with Crippen molar-refractivity contribution in [1.82, 2.24) is 5.32 Å². The molecule has 0 fully saturated rings. The number of carbonyl (C=O) groups is 2. The second kappa shape index (κ2) is 9.46. The first-order valence-electron chi connectivity index (χ1n) is 8.91. The van der Waals surface area contributed by atoms with Gasteiger partial charge in [-0.15, -0.1) is 0 Å². The minimum Gasteiger partial charge on any atom is -0.487 e. The van der Waals surface area contributed by atoms with Crippen LogP contribution in [-0.2, 0) is 14.3 Å². The van der Waals surface area contributed by atoms with Crippen LogP contribution in [0.1, 0.15) is 48.5 Å². The zero-order chi connectivity index (χ0) is 19.9. The van der Waals surface area contributed by atoms with Gasteiger partial charge in [0.2, 0.25) is 0 Å². The second-order valence-electron chi connectivity index (χ2n) is 7.65. The number of esters is 1. The van der Waals surface area contributed by atoms with Crippen molar-refractivity contribution in [2.75, 3.05) is 0 Å². The third kappa shape index (κ3) is 7.76. The van der Waals surface area contributed by atoms with Crippen molar-refractivity contribution in [3.63, 3.8) is 0 Å². The van der Waals surface area contributed by atoms with E-state index >= 15 is 0 Å². The molecule has 0 aromatic heterocycles. The third-order valence-electron chi connectivity index (χ3n) is 3.52.